The van der Waals surface area contributed by atoms with Gasteiger partial charge in [0.05, 0.1) is 0 Å². The molecule has 0 bridgehead atoms. The van der Waals surface area contributed by atoms with Crippen molar-refractivity contribution in [3.8, 4) is 0 Å². The van der Waals surface area contributed by atoms with Gasteiger partial charge in [-0.1, -0.05) is 41.5 Å². The van der Waals surface area contributed by atoms with Crippen LogP contribution in [0.25, 0.3) is 0 Å². The molecule has 0 amide bonds. The summed E-state index contributed by atoms with van der Waals surface area (Å²) in [6.07, 6.45) is -1.75. The molecule has 157 valence electrons. The van der Waals surface area contributed by atoms with E-state index in [1.807, 2.05) is 0 Å². The molecule has 0 rings (SSSR count). The van der Waals surface area contributed by atoms with Crippen molar-refractivity contribution >= 4 is 0 Å². The maximum absolute atomic E-state index is 9.53. The van der Waals surface area contributed by atoms with Gasteiger partial charge in [-0.05, 0) is 41.5 Å². The average Bonchev–Trinajstić information content (AvgIpc) is 2.08. The Bertz CT molecular complexity index is 101. The van der Waals surface area contributed by atoms with Crippen molar-refractivity contribution in [1.29, 1.82) is 0 Å². The van der Waals surface area contributed by atoms with Crippen molar-refractivity contribution in [2.24, 2.45) is 0 Å². The summed E-state index contributed by atoms with van der Waals surface area (Å²) in [4.78, 5) is 0. The molecular formula is C18H45O6U. The Morgan fingerprint density at radius 3 is 0.400 bits per heavy atom. The van der Waals surface area contributed by atoms with Gasteiger partial charge in [-0.15, -0.1) is 18.3 Å². The fraction of sp³-hybridized carbons (Fsp3) is 1.00. The molecule has 0 spiro atoms. The summed E-state index contributed by atoms with van der Waals surface area (Å²) in [5.41, 5.74) is 0. The van der Waals surface area contributed by atoms with Gasteiger partial charge in [0.15, 0.2) is 0 Å². The molecule has 0 aliphatic carbocycles. The molecule has 6 nitrogen and oxygen atoms in total. The van der Waals surface area contributed by atoms with Crippen LogP contribution in [0.5, 0.6) is 0 Å². The van der Waals surface area contributed by atoms with Crippen molar-refractivity contribution in [2.45, 2.75) is 120 Å². The molecule has 0 aliphatic rings. The summed E-state index contributed by atoms with van der Waals surface area (Å²) in [5, 5.41) is 52.8. The molecule has 0 saturated heterocycles. The van der Waals surface area contributed by atoms with Crippen LogP contribution in [0.2, 0.25) is 0 Å². The molecule has 0 heterocycles. The van der Waals surface area contributed by atoms with E-state index >= 15 is 0 Å². The van der Waals surface area contributed by atoms with E-state index in [1.165, 1.54) is 0 Å². The molecule has 0 fully saturated rings. The number of aliphatic hydroxyl groups is 3. The second kappa shape index (κ2) is 39.8. The summed E-state index contributed by atoms with van der Waals surface area (Å²) in [6.45, 7) is 20.0. The number of rotatable bonds is 0. The van der Waals surface area contributed by atoms with Gasteiger partial charge in [0, 0.05) is 18.3 Å². The first kappa shape index (κ1) is 44.9. The van der Waals surface area contributed by atoms with E-state index < -0.39 is 18.3 Å². The van der Waals surface area contributed by atoms with Gasteiger partial charge in [0.25, 0.3) is 0 Å². The van der Waals surface area contributed by atoms with Crippen LogP contribution in [0.3, 0.4) is 0 Å². The monoisotopic (exact) mass is 595 g/mol. The summed E-state index contributed by atoms with van der Waals surface area (Å²) >= 11 is 0. The molecule has 1 radical (unpaired) electrons. The Kier molecular flexibility index (Phi) is 71.4. The molecule has 0 atom stereocenters. The van der Waals surface area contributed by atoms with Crippen molar-refractivity contribution in [2.75, 3.05) is 0 Å². The number of aliphatic hydroxyl groups excluding tert-OH is 3. The Balaban J connectivity index is -0.0000000309. The van der Waals surface area contributed by atoms with Gasteiger partial charge in [-0.3, -0.25) is 0 Å². The predicted octanol–water partition coefficient (Wildman–Crippen LogP) is 0.427. The standard InChI is InChI=1S/3C3H8O.3C3H7O.U/c6*1-3(2)4;/h3*3-4H,1-2H3;3*3H,1-2H3;/q;;;3*-1;+3. The molecule has 0 aromatic carbocycles. The normalized spacial score (nSPS) is 8.64. The summed E-state index contributed by atoms with van der Waals surface area (Å²) in [6, 6.07) is 0. The Labute approximate surface area is 181 Å². The fourth-order valence-corrected chi connectivity index (χ4v) is 0. The molecule has 0 unspecified atom stereocenters. The first-order valence-electron chi connectivity index (χ1n) is 8.41. The topological polar surface area (TPSA) is 130 Å². The zero-order valence-corrected chi connectivity index (χ0v) is 22.7. The summed E-state index contributed by atoms with van der Waals surface area (Å²) < 4.78 is 0. The largest absolute Gasteiger partial charge is 3.00 e. The van der Waals surface area contributed by atoms with E-state index in [0.29, 0.717) is 0 Å². The summed E-state index contributed by atoms with van der Waals surface area (Å²) in [5.74, 6) is 0. The van der Waals surface area contributed by atoms with Gasteiger partial charge in [0.2, 0.25) is 0 Å². The van der Waals surface area contributed by atoms with Crippen LogP contribution in [0, 0.1) is 31.1 Å². The average molecular weight is 596 g/mol. The Morgan fingerprint density at radius 2 is 0.400 bits per heavy atom. The fourth-order valence-electron chi connectivity index (χ4n) is 0. The zero-order chi connectivity index (χ0) is 21.5. The van der Waals surface area contributed by atoms with Crippen LogP contribution in [-0.2, 0) is 0 Å². The zero-order valence-electron chi connectivity index (χ0n) is 18.5. The van der Waals surface area contributed by atoms with Crippen LogP contribution in [-0.4, -0.2) is 51.9 Å². The molecule has 0 aliphatic heterocycles. The van der Waals surface area contributed by atoms with E-state index in [0.717, 1.165) is 0 Å². The molecule has 3 N–H and O–H groups in total. The minimum Gasteiger partial charge on any atom is -0.852 e. The van der Waals surface area contributed by atoms with Gasteiger partial charge in [-0.2, -0.15) is 0 Å². The quantitative estimate of drug-likeness (QED) is 0.373. The molecule has 7 heteroatoms. The number of hydrogen-bond acceptors (Lipinski definition) is 6. The van der Waals surface area contributed by atoms with E-state index in [1.54, 1.807) is 83.1 Å². The van der Waals surface area contributed by atoms with Crippen molar-refractivity contribution in [1.82, 2.24) is 0 Å². The maximum atomic E-state index is 9.53. The summed E-state index contributed by atoms with van der Waals surface area (Å²) in [7, 11) is 0. The van der Waals surface area contributed by atoms with Crippen LogP contribution < -0.4 is 15.3 Å². The molecule has 25 heavy (non-hydrogen) atoms. The van der Waals surface area contributed by atoms with E-state index in [4.69, 9.17) is 15.3 Å². The van der Waals surface area contributed by atoms with Gasteiger partial charge in [0.1, 0.15) is 0 Å². The molecule has 0 saturated carbocycles. The Morgan fingerprint density at radius 1 is 0.400 bits per heavy atom. The van der Waals surface area contributed by atoms with E-state index in [-0.39, 0.29) is 49.4 Å². The van der Waals surface area contributed by atoms with Crippen LogP contribution in [0.1, 0.15) is 83.1 Å². The minimum atomic E-state index is -0.417. The predicted molar refractivity (Wildman–Crippen MR) is 97.5 cm³/mol. The molecule has 0 aromatic rings. The molecular weight excluding hydrogens is 550 g/mol. The third-order valence-corrected chi connectivity index (χ3v) is 0. The van der Waals surface area contributed by atoms with Gasteiger partial charge in [-0.25, -0.2) is 0 Å². The second-order valence-corrected chi connectivity index (χ2v) is 6.43. The van der Waals surface area contributed by atoms with E-state index in [2.05, 4.69) is 0 Å². The van der Waals surface area contributed by atoms with Crippen molar-refractivity contribution in [3.05, 3.63) is 0 Å². The third kappa shape index (κ3) is 19600. The molecule has 0 aromatic heterocycles. The van der Waals surface area contributed by atoms with Crippen molar-refractivity contribution in [3.63, 3.8) is 0 Å². The minimum absolute atomic E-state index is 0. The third-order valence-electron chi connectivity index (χ3n) is 0. The van der Waals surface area contributed by atoms with Crippen LogP contribution in [0.15, 0.2) is 0 Å². The van der Waals surface area contributed by atoms with Gasteiger partial charge >= 0.3 is 31.1 Å². The first-order valence-corrected chi connectivity index (χ1v) is 8.41. The smallest absolute Gasteiger partial charge is 0.852 e. The van der Waals surface area contributed by atoms with Gasteiger partial charge < -0.3 is 30.6 Å². The van der Waals surface area contributed by atoms with E-state index in [9.17, 15) is 15.3 Å². The van der Waals surface area contributed by atoms with Crippen molar-refractivity contribution < 1.29 is 61.8 Å². The SMILES string of the molecule is CC(C)O.CC(C)O.CC(C)O.CC(C)[O-].CC(C)[O-].CC(C)[O-].[U+3]. The number of hydrogen-bond donors (Lipinski definition) is 3. The van der Waals surface area contributed by atoms with Crippen LogP contribution in [0.4, 0.5) is 0 Å². The maximum Gasteiger partial charge on any atom is 3.00 e. The first-order chi connectivity index (χ1) is 10.4. The second-order valence-electron chi connectivity index (χ2n) is 6.43. The Hall–Kier alpha value is 0.812. The van der Waals surface area contributed by atoms with Crippen LogP contribution >= 0.6 is 0 Å².